The lowest BCUT2D eigenvalue weighted by atomic mass is 10.2. The molecule has 1 atom stereocenters. The molecule has 1 heterocycles. The molecule has 0 aromatic heterocycles. The lowest BCUT2D eigenvalue weighted by Crippen LogP contribution is -2.45. The molecule has 1 saturated heterocycles. The fraction of sp³-hybridized carbons (Fsp3) is 0.211. The number of carbonyl (C=O) groups is 3. The molecule has 1 aliphatic heterocycles. The van der Waals surface area contributed by atoms with Crippen LogP contribution in [0.4, 0.5) is 16.2 Å². The van der Waals surface area contributed by atoms with E-state index < -0.39 is 11.3 Å². The van der Waals surface area contributed by atoms with Gasteiger partial charge in [0.05, 0.1) is 12.2 Å². The second-order valence-corrected chi connectivity index (χ2v) is 7.21. The van der Waals surface area contributed by atoms with Crippen LogP contribution in [0.3, 0.4) is 0 Å². The van der Waals surface area contributed by atoms with E-state index in [-0.39, 0.29) is 17.7 Å². The van der Waals surface area contributed by atoms with Crippen molar-refractivity contribution < 1.29 is 14.4 Å². The second kappa shape index (κ2) is 7.21. The van der Waals surface area contributed by atoms with Crippen LogP contribution in [0.1, 0.15) is 11.1 Å². The summed E-state index contributed by atoms with van der Waals surface area (Å²) in [5.41, 5.74) is 8.57. The van der Waals surface area contributed by atoms with Crippen LogP contribution < -0.4 is 15.5 Å². The molecule has 26 heavy (non-hydrogen) atoms. The Kier molecular flexibility index (Phi) is 4.99. The predicted molar refractivity (Wildman–Crippen MR) is 103 cm³/mol. The van der Waals surface area contributed by atoms with Crippen molar-refractivity contribution in [2.45, 2.75) is 19.2 Å². The third kappa shape index (κ3) is 3.57. The van der Waals surface area contributed by atoms with E-state index in [1.54, 1.807) is 23.1 Å². The molecule has 6 nitrogen and oxygen atoms in total. The Bertz CT molecular complexity index is 867. The Morgan fingerprint density at radius 1 is 1.12 bits per heavy atom. The summed E-state index contributed by atoms with van der Waals surface area (Å²) in [4.78, 5) is 39.8. The number of carbonyl (C=O) groups excluding carboxylic acids is 3. The molecule has 2 aromatic rings. The normalized spacial score (nSPS) is 16.8. The van der Waals surface area contributed by atoms with Gasteiger partial charge >= 0.3 is 0 Å². The number of thioether (sulfide) groups is 1. The van der Waals surface area contributed by atoms with Crippen molar-refractivity contribution in [3.05, 3.63) is 59.7 Å². The van der Waals surface area contributed by atoms with Crippen LogP contribution in [0.15, 0.2) is 48.5 Å². The van der Waals surface area contributed by atoms with Crippen molar-refractivity contribution in [1.29, 1.82) is 0 Å². The first-order valence-corrected chi connectivity index (χ1v) is 8.97. The predicted octanol–water partition coefficient (Wildman–Crippen LogP) is 2.82. The Labute approximate surface area is 156 Å². The molecule has 3 amide bonds. The third-order valence-electron chi connectivity index (χ3n) is 4.06. The molecular weight excluding hydrogens is 350 g/mol. The molecule has 2 N–H and O–H groups in total. The lowest BCUT2D eigenvalue weighted by Gasteiger charge is -2.27. The van der Waals surface area contributed by atoms with Gasteiger partial charge in [0, 0.05) is 5.69 Å². The molecule has 0 radical (unpaired) electrons. The maximum atomic E-state index is 13.0. The Balaban J connectivity index is 1.95. The molecule has 1 aliphatic rings. The van der Waals surface area contributed by atoms with Crippen LogP contribution in [0.5, 0.6) is 0 Å². The van der Waals surface area contributed by atoms with Gasteiger partial charge in [0.15, 0.2) is 5.37 Å². The highest BCUT2D eigenvalue weighted by Crippen LogP contribution is 2.36. The van der Waals surface area contributed by atoms with Gasteiger partial charge in [0.25, 0.3) is 11.1 Å². The maximum Gasteiger partial charge on any atom is 0.295 e. The summed E-state index contributed by atoms with van der Waals surface area (Å²) in [5, 5.41) is -1.20. The summed E-state index contributed by atoms with van der Waals surface area (Å²) in [6.07, 6.45) is 0. The zero-order valence-electron chi connectivity index (χ0n) is 14.5. The minimum atomic E-state index is -0.835. The van der Waals surface area contributed by atoms with E-state index in [9.17, 15) is 14.4 Å². The van der Waals surface area contributed by atoms with Crippen molar-refractivity contribution in [3.63, 3.8) is 0 Å². The summed E-state index contributed by atoms with van der Waals surface area (Å²) < 4.78 is 0. The summed E-state index contributed by atoms with van der Waals surface area (Å²) in [6.45, 7) is 3.69. The van der Waals surface area contributed by atoms with Gasteiger partial charge in [0.1, 0.15) is 0 Å². The van der Waals surface area contributed by atoms with Crippen molar-refractivity contribution >= 4 is 40.2 Å². The number of aryl methyl sites for hydroxylation is 2. The fourth-order valence-electron chi connectivity index (χ4n) is 2.81. The molecule has 3 rings (SSSR count). The van der Waals surface area contributed by atoms with Gasteiger partial charge in [-0.25, -0.2) is 4.90 Å². The molecular formula is C19H19N3O3S. The average molecular weight is 369 g/mol. The number of hydrogen-bond acceptors (Lipinski definition) is 5. The highest BCUT2D eigenvalue weighted by atomic mass is 32.2. The zero-order valence-corrected chi connectivity index (χ0v) is 15.3. The van der Waals surface area contributed by atoms with Gasteiger partial charge in [-0.3, -0.25) is 14.4 Å². The van der Waals surface area contributed by atoms with E-state index in [1.807, 2.05) is 44.2 Å². The van der Waals surface area contributed by atoms with E-state index >= 15 is 0 Å². The van der Waals surface area contributed by atoms with Crippen LogP contribution in [-0.4, -0.2) is 29.0 Å². The molecule has 0 saturated carbocycles. The van der Waals surface area contributed by atoms with Gasteiger partial charge in [0.2, 0.25) is 5.91 Å². The average Bonchev–Trinajstić information content (AvgIpc) is 2.88. The Hall–Kier alpha value is -2.80. The highest BCUT2D eigenvalue weighted by molar-refractivity contribution is 8.16. The van der Waals surface area contributed by atoms with E-state index in [0.29, 0.717) is 11.4 Å². The van der Waals surface area contributed by atoms with Gasteiger partial charge in [-0.15, -0.1) is 0 Å². The second-order valence-electron chi connectivity index (χ2n) is 6.18. The van der Waals surface area contributed by atoms with Crippen LogP contribution in [-0.2, 0) is 9.59 Å². The van der Waals surface area contributed by atoms with Crippen molar-refractivity contribution in [2.75, 3.05) is 16.3 Å². The van der Waals surface area contributed by atoms with Crippen LogP contribution >= 0.6 is 11.8 Å². The molecule has 0 aliphatic carbocycles. The van der Waals surface area contributed by atoms with Crippen LogP contribution in [0.2, 0.25) is 0 Å². The van der Waals surface area contributed by atoms with Crippen molar-refractivity contribution in [2.24, 2.45) is 5.73 Å². The van der Waals surface area contributed by atoms with Crippen molar-refractivity contribution in [1.82, 2.24) is 0 Å². The van der Waals surface area contributed by atoms with E-state index in [4.69, 9.17) is 5.73 Å². The van der Waals surface area contributed by atoms with Gasteiger partial charge in [-0.05, 0) is 55.4 Å². The quantitative estimate of drug-likeness (QED) is 0.876. The van der Waals surface area contributed by atoms with Crippen LogP contribution in [0, 0.1) is 13.8 Å². The van der Waals surface area contributed by atoms with Gasteiger partial charge in [-0.1, -0.05) is 29.8 Å². The van der Waals surface area contributed by atoms with Gasteiger partial charge in [-0.2, -0.15) is 0 Å². The smallest absolute Gasteiger partial charge is 0.295 e. The zero-order chi connectivity index (χ0) is 18.8. The minimum Gasteiger partial charge on any atom is -0.368 e. The summed E-state index contributed by atoms with van der Waals surface area (Å²) >= 11 is 0.887. The number of nitrogens with two attached hydrogens (primary N) is 1. The number of primary amides is 1. The monoisotopic (exact) mass is 369 g/mol. The standard InChI is InChI=1S/C19H19N3O3S/c1-12-6-8-14(9-7-12)21(11-16(20)23)18-17(24)22(19(25)26-18)15-5-3-4-13(2)10-15/h3-10,18H,11H2,1-2H3,(H2,20,23). The number of anilines is 2. The minimum absolute atomic E-state index is 0.151. The number of hydrogen-bond donors (Lipinski definition) is 1. The van der Waals surface area contributed by atoms with Crippen LogP contribution in [0.25, 0.3) is 0 Å². The summed E-state index contributed by atoms with van der Waals surface area (Å²) in [7, 11) is 0. The first kappa shape index (κ1) is 18.0. The number of rotatable bonds is 5. The third-order valence-corrected chi connectivity index (χ3v) is 5.12. The number of nitrogens with zero attached hydrogens (tertiary/aromatic N) is 2. The molecule has 7 heteroatoms. The lowest BCUT2D eigenvalue weighted by molar-refractivity contribution is -0.117. The topological polar surface area (TPSA) is 83.7 Å². The number of imide groups is 1. The maximum absolute atomic E-state index is 13.0. The first-order valence-electron chi connectivity index (χ1n) is 8.09. The number of benzene rings is 2. The first-order chi connectivity index (χ1) is 12.4. The van der Waals surface area contributed by atoms with E-state index in [2.05, 4.69) is 0 Å². The van der Waals surface area contributed by atoms with Crippen molar-refractivity contribution in [3.8, 4) is 0 Å². The fourth-order valence-corrected chi connectivity index (χ4v) is 3.83. The molecule has 134 valence electrons. The SMILES string of the molecule is Cc1ccc(N(CC(N)=O)C2SC(=O)N(c3cccc(C)c3)C2=O)cc1. The summed E-state index contributed by atoms with van der Waals surface area (Å²) in [5.74, 6) is -0.951. The van der Waals surface area contributed by atoms with E-state index in [0.717, 1.165) is 27.8 Å². The largest absolute Gasteiger partial charge is 0.368 e. The molecule has 0 bridgehead atoms. The molecule has 1 unspecified atom stereocenters. The Morgan fingerprint density at radius 2 is 1.81 bits per heavy atom. The molecule has 0 spiro atoms. The number of amides is 3. The molecule has 1 fully saturated rings. The van der Waals surface area contributed by atoms with Gasteiger partial charge < -0.3 is 10.6 Å². The molecule has 2 aromatic carbocycles. The Morgan fingerprint density at radius 3 is 2.42 bits per heavy atom. The summed E-state index contributed by atoms with van der Waals surface area (Å²) in [6, 6.07) is 14.6. The van der Waals surface area contributed by atoms with E-state index in [1.165, 1.54) is 0 Å². The highest BCUT2D eigenvalue weighted by Gasteiger charge is 2.44.